The Bertz CT molecular complexity index is 1030. The van der Waals surface area contributed by atoms with Crippen LogP contribution in [0.4, 0.5) is 4.79 Å². The van der Waals surface area contributed by atoms with Gasteiger partial charge in [-0.25, -0.2) is 4.79 Å². The van der Waals surface area contributed by atoms with Crippen LogP contribution in [0, 0.1) is 18.8 Å². The van der Waals surface area contributed by atoms with Crippen molar-refractivity contribution >= 4 is 39.5 Å². The Morgan fingerprint density at radius 3 is 2.43 bits per heavy atom. The molecule has 0 bridgehead atoms. The van der Waals surface area contributed by atoms with Gasteiger partial charge in [0.15, 0.2) is 0 Å². The first-order valence-corrected chi connectivity index (χ1v) is 14.0. The number of primary amides is 1. The normalized spacial score (nSPS) is 21.1. The van der Waals surface area contributed by atoms with Crippen LogP contribution in [0.3, 0.4) is 0 Å². The number of piperidine rings is 1. The highest BCUT2D eigenvalue weighted by molar-refractivity contribution is 9.11. The second kappa shape index (κ2) is 14.5. The third kappa shape index (κ3) is 8.53. The molecular formula is C28H37BrClN5O2. The van der Waals surface area contributed by atoms with Crippen molar-refractivity contribution in [2.45, 2.75) is 44.6 Å². The van der Waals surface area contributed by atoms with E-state index in [1.165, 1.54) is 16.7 Å². The molecule has 1 unspecified atom stereocenters. The summed E-state index contributed by atoms with van der Waals surface area (Å²) in [5.41, 5.74) is 9.53. The molecule has 200 valence electrons. The lowest BCUT2D eigenvalue weighted by Crippen LogP contribution is -2.47. The summed E-state index contributed by atoms with van der Waals surface area (Å²) in [4.78, 5) is 26.7. The van der Waals surface area contributed by atoms with Gasteiger partial charge in [-0.05, 0) is 88.9 Å². The zero-order valence-electron chi connectivity index (χ0n) is 21.2. The highest BCUT2D eigenvalue weighted by atomic mass is 79.9. The van der Waals surface area contributed by atoms with Gasteiger partial charge in [0.1, 0.15) is 0 Å². The van der Waals surface area contributed by atoms with Gasteiger partial charge in [0, 0.05) is 61.4 Å². The maximum absolute atomic E-state index is 12.1. The molecule has 7 nitrogen and oxygen atoms in total. The highest BCUT2D eigenvalue weighted by Gasteiger charge is 2.26. The van der Waals surface area contributed by atoms with Gasteiger partial charge in [-0.15, -0.1) is 12.8 Å². The Kier molecular flexibility index (Phi) is 11.4. The van der Waals surface area contributed by atoms with E-state index in [4.69, 9.17) is 17.3 Å². The summed E-state index contributed by atoms with van der Waals surface area (Å²) in [6, 6.07) is 6.36. The molecule has 37 heavy (non-hydrogen) atoms. The molecule has 1 aromatic carbocycles. The number of terminal acetylenes is 1. The number of aryl methyl sites for hydroxylation is 1. The molecule has 4 aliphatic rings. The number of nitrogens with two attached hydrogens (primary N) is 1. The fraction of sp³-hybridized carbons (Fsp3) is 0.500. The predicted molar refractivity (Wildman–Crippen MR) is 153 cm³/mol. The minimum atomic E-state index is -0.345. The maximum atomic E-state index is 12.1. The molecule has 1 aromatic rings. The van der Waals surface area contributed by atoms with Gasteiger partial charge >= 0.3 is 6.03 Å². The quantitative estimate of drug-likeness (QED) is 0.457. The van der Waals surface area contributed by atoms with Crippen molar-refractivity contribution in [2.24, 2.45) is 11.7 Å². The third-order valence-electron chi connectivity index (χ3n) is 7.33. The van der Waals surface area contributed by atoms with Gasteiger partial charge in [0.2, 0.25) is 5.91 Å². The topological polar surface area (TPSA) is 90.7 Å². The van der Waals surface area contributed by atoms with Crippen LogP contribution in [-0.2, 0) is 17.6 Å². The number of rotatable bonds is 2. The summed E-state index contributed by atoms with van der Waals surface area (Å²) in [7, 11) is 0. The van der Waals surface area contributed by atoms with E-state index in [1.807, 2.05) is 17.2 Å². The number of nitrogens with one attached hydrogen (secondary N) is 2. The lowest BCUT2D eigenvalue weighted by molar-refractivity contribution is -0.133. The minimum absolute atomic E-state index is 0.258. The highest BCUT2D eigenvalue weighted by Crippen LogP contribution is 2.30. The van der Waals surface area contributed by atoms with E-state index in [0.717, 1.165) is 67.8 Å². The van der Waals surface area contributed by atoms with Crippen molar-refractivity contribution in [1.29, 1.82) is 0 Å². The lowest BCUT2D eigenvalue weighted by atomic mass is 9.93. The maximum Gasteiger partial charge on any atom is 0.314 e. The number of likely N-dealkylation sites (tertiary alicyclic amines) is 1. The van der Waals surface area contributed by atoms with E-state index in [-0.39, 0.29) is 11.9 Å². The molecular weight excluding hydrogens is 554 g/mol. The van der Waals surface area contributed by atoms with E-state index < -0.39 is 0 Å². The number of dihydropyridines is 1. The summed E-state index contributed by atoms with van der Waals surface area (Å²) in [6.07, 6.45) is 17.9. The van der Waals surface area contributed by atoms with Crippen LogP contribution < -0.4 is 16.4 Å². The minimum Gasteiger partial charge on any atom is -0.383 e. The van der Waals surface area contributed by atoms with E-state index in [1.54, 1.807) is 4.90 Å². The summed E-state index contributed by atoms with van der Waals surface area (Å²) < 4.78 is 1.13. The first kappa shape index (κ1) is 29.1. The number of hydrogen-bond acceptors (Lipinski definition) is 4. The molecule has 5 rings (SSSR count). The van der Waals surface area contributed by atoms with Crippen LogP contribution in [-0.4, -0.2) is 67.0 Å². The van der Waals surface area contributed by atoms with Crippen LogP contribution in [0.25, 0.3) is 0 Å². The van der Waals surface area contributed by atoms with Gasteiger partial charge in [-0.1, -0.05) is 17.7 Å². The molecule has 0 spiro atoms. The molecule has 4 N–H and O–H groups in total. The molecule has 0 radical (unpaired) electrons. The Labute approximate surface area is 234 Å². The van der Waals surface area contributed by atoms with Crippen molar-refractivity contribution in [3.8, 4) is 12.8 Å². The van der Waals surface area contributed by atoms with E-state index in [0.29, 0.717) is 31.5 Å². The average molecular weight is 591 g/mol. The Morgan fingerprint density at radius 2 is 1.76 bits per heavy atom. The van der Waals surface area contributed by atoms with Crippen LogP contribution in [0.15, 0.2) is 40.5 Å². The van der Waals surface area contributed by atoms with Crippen LogP contribution in [0.1, 0.15) is 36.8 Å². The number of carbonyl (C=O) groups is 2. The van der Waals surface area contributed by atoms with Crippen molar-refractivity contribution < 1.29 is 9.59 Å². The molecule has 9 heteroatoms. The first-order valence-electron chi connectivity index (χ1n) is 12.8. The number of hydrogen-bond donors (Lipinski definition) is 3. The van der Waals surface area contributed by atoms with Crippen LogP contribution >= 0.6 is 27.5 Å². The molecule has 0 aromatic heterocycles. The van der Waals surface area contributed by atoms with Gasteiger partial charge in [0.25, 0.3) is 0 Å². The summed E-state index contributed by atoms with van der Waals surface area (Å²) >= 11 is 9.58. The average Bonchev–Trinajstić information content (AvgIpc) is 3.09. The molecule has 3 heterocycles. The molecule has 0 saturated carbocycles. The number of benzene rings is 1. The van der Waals surface area contributed by atoms with E-state index in [2.05, 4.69) is 57.6 Å². The number of halogens is 2. The zero-order valence-corrected chi connectivity index (χ0v) is 23.6. The molecule has 1 aliphatic carbocycles. The van der Waals surface area contributed by atoms with Crippen molar-refractivity contribution in [3.05, 3.63) is 56.7 Å². The van der Waals surface area contributed by atoms with Crippen molar-refractivity contribution in [2.75, 3.05) is 39.3 Å². The number of urea groups is 1. The fourth-order valence-corrected chi connectivity index (χ4v) is 5.84. The smallest absolute Gasteiger partial charge is 0.314 e. The molecule has 2 saturated heterocycles. The number of amides is 3. The van der Waals surface area contributed by atoms with Crippen molar-refractivity contribution in [1.82, 2.24) is 20.4 Å². The first-order chi connectivity index (χ1) is 17.9. The summed E-state index contributed by atoms with van der Waals surface area (Å²) in [5, 5.41) is 7.54. The standard InChI is InChI=1S/C14H13BrClN.C12H22N4O2.C2H2/c15-12-5-11-2-1-9-6-13(16)4-3-10(9)7-14(11)17-8-12;13-12(18)16-5-1-10(2-6-16)9-11(17)15-7-3-14-4-8-15;1-2/h3-6,8,14,17H,1-2,7H2;10,14H,1-9H2,(H2,13,18);1-2H. The summed E-state index contributed by atoms with van der Waals surface area (Å²) in [5.74, 6) is 0.664. The van der Waals surface area contributed by atoms with E-state index >= 15 is 0 Å². The summed E-state index contributed by atoms with van der Waals surface area (Å²) in [6.45, 7) is 4.80. The zero-order chi connectivity index (χ0) is 26.8. The van der Waals surface area contributed by atoms with Crippen LogP contribution in [0.2, 0.25) is 5.02 Å². The predicted octanol–water partition coefficient (Wildman–Crippen LogP) is 3.81. The second-order valence-corrected chi connectivity index (χ2v) is 11.0. The van der Waals surface area contributed by atoms with Gasteiger partial charge in [0.05, 0.1) is 6.04 Å². The number of nitrogens with zero attached hydrogens (tertiary/aromatic N) is 2. The van der Waals surface area contributed by atoms with Gasteiger partial charge in [-0.3, -0.25) is 4.79 Å². The monoisotopic (exact) mass is 589 g/mol. The number of piperazine rings is 1. The molecule has 3 aliphatic heterocycles. The van der Waals surface area contributed by atoms with E-state index in [9.17, 15) is 9.59 Å². The Morgan fingerprint density at radius 1 is 1.05 bits per heavy atom. The second-order valence-electron chi connectivity index (χ2n) is 9.69. The SMILES string of the molecule is C#C.Clc1ccc2c(c1)CCC1=CC(Br)=CNC1C2.NC(=O)N1CCC(CC(=O)N2CCNCC2)CC1. The molecule has 2 fully saturated rings. The number of carbonyl (C=O) groups excluding carboxylic acids is 2. The molecule has 3 amide bonds. The Hall–Kier alpha value is -2.47. The van der Waals surface area contributed by atoms with Crippen LogP contribution in [0.5, 0.6) is 0 Å². The number of allylic oxidation sites excluding steroid dienone is 2. The number of fused-ring (bicyclic) bond motifs is 2. The van der Waals surface area contributed by atoms with Gasteiger partial charge < -0.3 is 26.2 Å². The van der Waals surface area contributed by atoms with Crippen molar-refractivity contribution in [3.63, 3.8) is 0 Å². The fourth-order valence-electron chi connectivity index (χ4n) is 5.22. The molecule has 1 atom stereocenters. The lowest BCUT2D eigenvalue weighted by Gasteiger charge is -2.33. The largest absolute Gasteiger partial charge is 0.383 e. The third-order valence-corrected chi connectivity index (χ3v) is 8.02. The Balaban J connectivity index is 0.000000193. The van der Waals surface area contributed by atoms with Gasteiger partial charge in [-0.2, -0.15) is 0 Å².